The summed E-state index contributed by atoms with van der Waals surface area (Å²) >= 11 is 0. The summed E-state index contributed by atoms with van der Waals surface area (Å²) in [6.07, 6.45) is 12.4. The van der Waals surface area contributed by atoms with E-state index in [4.69, 9.17) is 0 Å². The predicted molar refractivity (Wildman–Crippen MR) is 91.1 cm³/mol. The molecule has 0 unspecified atom stereocenters. The van der Waals surface area contributed by atoms with Crippen LogP contribution in [-0.2, 0) is 14.4 Å². The first-order chi connectivity index (χ1) is 12.0. The number of allylic oxidation sites excluding steroid dienone is 2. The molecule has 6 aliphatic rings. The van der Waals surface area contributed by atoms with Gasteiger partial charge in [0.2, 0.25) is 17.7 Å². The van der Waals surface area contributed by atoms with Crippen LogP contribution in [0, 0.1) is 29.6 Å². The van der Waals surface area contributed by atoms with Crippen LogP contribution in [0.1, 0.15) is 51.4 Å². The van der Waals surface area contributed by atoms with Gasteiger partial charge in [0.15, 0.2) is 0 Å². The zero-order chi connectivity index (χ0) is 17.2. The molecule has 4 bridgehead atoms. The van der Waals surface area contributed by atoms with Crippen molar-refractivity contribution in [2.75, 3.05) is 6.54 Å². The molecule has 0 spiro atoms. The zero-order valence-corrected chi connectivity index (χ0v) is 14.6. The van der Waals surface area contributed by atoms with Gasteiger partial charge in [-0.25, -0.2) is 0 Å². The van der Waals surface area contributed by atoms with Gasteiger partial charge in [0.1, 0.15) is 6.54 Å². The predicted octanol–water partition coefficient (Wildman–Crippen LogP) is 2.02. The van der Waals surface area contributed by atoms with Crippen molar-refractivity contribution in [1.29, 1.82) is 0 Å². The van der Waals surface area contributed by atoms with E-state index in [1.54, 1.807) is 0 Å². The van der Waals surface area contributed by atoms with Crippen LogP contribution in [0.25, 0.3) is 0 Å². The fourth-order valence-electron chi connectivity index (χ4n) is 6.77. The highest BCUT2D eigenvalue weighted by Crippen LogP contribution is 2.55. The van der Waals surface area contributed by atoms with Crippen molar-refractivity contribution < 1.29 is 14.4 Å². The van der Waals surface area contributed by atoms with Crippen LogP contribution < -0.4 is 5.32 Å². The summed E-state index contributed by atoms with van der Waals surface area (Å²) in [7, 11) is 0. The van der Waals surface area contributed by atoms with Crippen molar-refractivity contribution in [1.82, 2.24) is 10.2 Å². The molecule has 1 saturated heterocycles. The summed E-state index contributed by atoms with van der Waals surface area (Å²) in [6, 6.07) is 0. The molecule has 1 heterocycles. The van der Waals surface area contributed by atoms with Crippen LogP contribution in [-0.4, -0.2) is 34.7 Å². The number of imide groups is 1. The largest absolute Gasteiger partial charge is 0.349 e. The molecule has 5 fully saturated rings. The maximum atomic E-state index is 12.7. The number of carbonyl (C=O) groups is 3. The molecule has 0 radical (unpaired) electrons. The Labute approximate surface area is 148 Å². The van der Waals surface area contributed by atoms with Gasteiger partial charge in [-0.1, -0.05) is 12.2 Å². The first kappa shape index (κ1) is 15.6. The van der Waals surface area contributed by atoms with Crippen LogP contribution in [0.2, 0.25) is 0 Å². The molecule has 4 saturated carbocycles. The molecule has 0 aromatic carbocycles. The highest BCUT2D eigenvalue weighted by Gasteiger charge is 2.52. The van der Waals surface area contributed by atoms with Gasteiger partial charge in [-0.2, -0.15) is 0 Å². The van der Waals surface area contributed by atoms with Gasteiger partial charge >= 0.3 is 0 Å². The molecule has 1 N–H and O–H groups in total. The normalized spacial score (nSPS) is 44.3. The van der Waals surface area contributed by atoms with Gasteiger partial charge < -0.3 is 5.32 Å². The van der Waals surface area contributed by atoms with Crippen molar-refractivity contribution in [3.8, 4) is 0 Å². The van der Waals surface area contributed by atoms with Gasteiger partial charge in [-0.05, 0) is 69.1 Å². The van der Waals surface area contributed by atoms with Crippen molar-refractivity contribution >= 4 is 17.7 Å². The van der Waals surface area contributed by atoms with E-state index in [0.29, 0.717) is 12.8 Å². The Hall–Kier alpha value is -1.65. The lowest BCUT2D eigenvalue weighted by Crippen LogP contribution is -2.61. The Balaban J connectivity index is 1.27. The van der Waals surface area contributed by atoms with Crippen LogP contribution in [0.5, 0.6) is 0 Å². The molecule has 2 atom stereocenters. The lowest BCUT2D eigenvalue weighted by molar-refractivity contribution is -0.145. The number of nitrogens with zero attached hydrogens (tertiary/aromatic N) is 1. The van der Waals surface area contributed by atoms with Crippen molar-refractivity contribution in [2.45, 2.75) is 56.9 Å². The fourth-order valence-corrected chi connectivity index (χ4v) is 6.77. The summed E-state index contributed by atoms with van der Waals surface area (Å²) in [5, 5.41) is 3.27. The first-order valence-electron chi connectivity index (χ1n) is 9.84. The molecule has 25 heavy (non-hydrogen) atoms. The van der Waals surface area contributed by atoms with E-state index in [1.165, 1.54) is 24.2 Å². The number of carbonyl (C=O) groups excluding carboxylic acids is 3. The van der Waals surface area contributed by atoms with Crippen molar-refractivity contribution in [2.24, 2.45) is 29.6 Å². The van der Waals surface area contributed by atoms with E-state index in [0.717, 1.165) is 37.0 Å². The average Bonchev–Trinajstić information content (AvgIpc) is 2.78. The standard InChI is InChI=1S/C20H26N2O3/c23-17(11-22-18(24)15-3-1-2-4-16(15)19(22)25)21-20-8-12-5-13(9-20)7-14(6-12)10-20/h1-2,12-16H,3-11H2,(H,21,23)/t12?,13?,14?,15-,16-,20?/m1/s1. The van der Waals surface area contributed by atoms with Gasteiger partial charge in [-0.3, -0.25) is 19.3 Å². The van der Waals surface area contributed by atoms with Gasteiger partial charge in [0, 0.05) is 5.54 Å². The molecule has 6 rings (SSSR count). The van der Waals surface area contributed by atoms with Gasteiger partial charge in [-0.15, -0.1) is 0 Å². The number of rotatable bonds is 3. The Morgan fingerprint density at radius 1 is 0.960 bits per heavy atom. The van der Waals surface area contributed by atoms with Gasteiger partial charge in [0.25, 0.3) is 0 Å². The quantitative estimate of drug-likeness (QED) is 0.630. The second-order valence-corrected chi connectivity index (χ2v) is 9.16. The van der Waals surface area contributed by atoms with E-state index in [-0.39, 0.29) is 41.6 Å². The molecule has 1 aliphatic heterocycles. The molecular weight excluding hydrogens is 316 g/mol. The van der Waals surface area contributed by atoms with Gasteiger partial charge in [0.05, 0.1) is 11.8 Å². The third-order valence-electron chi connectivity index (χ3n) is 7.34. The Bertz CT molecular complexity index is 607. The monoisotopic (exact) mass is 342 g/mol. The average molecular weight is 342 g/mol. The zero-order valence-electron chi connectivity index (χ0n) is 14.6. The first-order valence-corrected chi connectivity index (χ1v) is 9.84. The third-order valence-corrected chi connectivity index (χ3v) is 7.34. The fraction of sp³-hybridized carbons (Fsp3) is 0.750. The lowest BCUT2D eigenvalue weighted by atomic mass is 9.53. The topological polar surface area (TPSA) is 66.5 Å². The smallest absolute Gasteiger partial charge is 0.240 e. The SMILES string of the molecule is O=C(CN1C(=O)[C@@H]2CC=CC[C@H]2C1=O)NC12CC3CC(CC(C3)C1)C2. The summed E-state index contributed by atoms with van der Waals surface area (Å²) in [6.45, 7) is -0.0909. The lowest BCUT2D eigenvalue weighted by Gasteiger charge is -2.57. The Morgan fingerprint density at radius 3 is 1.92 bits per heavy atom. The van der Waals surface area contributed by atoms with E-state index < -0.39 is 0 Å². The molecule has 5 nitrogen and oxygen atoms in total. The maximum absolute atomic E-state index is 12.7. The number of nitrogens with one attached hydrogen (secondary N) is 1. The molecule has 5 aliphatic carbocycles. The highest BCUT2D eigenvalue weighted by atomic mass is 16.2. The van der Waals surface area contributed by atoms with E-state index in [2.05, 4.69) is 5.32 Å². The van der Waals surface area contributed by atoms with Crippen LogP contribution in [0.4, 0.5) is 0 Å². The molecule has 3 amide bonds. The van der Waals surface area contributed by atoms with Crippen molar-refractivity contribution in [3.05, 3.63) is 12.2 Å². The summed E-state index contributed by atoms with van der Waals surface area (Å²) in [4.78, 5) is 39.0. The molecular formula is C20H26N2O3. The van der Waals surface area contributed by atoms with Crippen molar-refractivity contribution in [3.63, 3.8) is 0 Å². The second kappa shape index (κ2) is 5.42. The number of amides is 3. The Morgan fingerprint density at radius 2 is 1.44 bits per heavy atom. The van der Waals surface area contributed by atoms with Crippen LogP contribution >= 0.6 is 0 Å². The highest BCUT2D eigenvalue weighted by molar-refractivity contribution is 6.07. The molecule has 134 valence electrons. The number of hydrogen-bond donors (Lipinski definition) is 1. The van der Waals surface area contributed by atoms with E-state index in [1.807, 2.05) is 12.2 Å². The maximum Gasteiger partial charge on any atom is 0.240 e. The molecule has 0 aromatic rings. The van der Waals surface area contributed by atoms with Crippen LogP contribution in [0.15, 0.2) is 12.2 Å². The van der Waals surface area contributed by atoms with Crippen LogP contribution in [0.3, 0.4) is 0 Å². The minimum atomic E-state index is -0.246. The minimum Gasteiger partial charge on any atom is -0.349 e. The minimum absolute atomic E-state index is 0.0635. The number of fused-ring (bicyclic) bond motifs is 1. The molecule has 5 heteroatoms. The second-order valence-electron chi connectivity index (χ2n) is 9.16. The van der Waals surface area contributed by atoms with E-state index >= 15 is 0 Å². The number of likely N-dealkylation sites (tertiary alicyclic amines) is 1. The summed E-state index contributed by atoms with van der Waals surface area (Å²) in [5.74, 6) is 1.34. The molecule has 0 aromatic heterocycles. The third kappa shape index (κ3) is 2.46. The number of hydrogen-bond acceptors (Lipinski definition) is 3. The summed E-state index contributed by atoms with van der Waals surface area (Å²) in [5.41, 5.74) is -0.0635. The van der Waals surface area contributed by atoms with E-state index in [9.17, 15) is 14.4 Å². The Kier molecular flexibility index (Phi) is 3.38. The summed E-state index contributed by atoms with van der Waals surface area (Å²) < 4.78 is 0.